The van der Waals surface area contributed by atoms with Gasteiger partial charge in [0, 0.05) is 18.5 Å². The molecule has 0 aliphatic carbocycles. The van der Waals surface area contributed by atoms with Gasteiger partial charge >= 0.3 is 0 Å². The number of aromatic nitrogens is 1. The predicted molar refractivity (Wildman–Crippen MR) is 87.4 cm³/mol. The summed E-state index contributed by atoms with van der Waals surface area (Å²) in [7, 11) is 0. The molecule has 1 aromatic carbocycles. The van der Waals surface area contributed by atoms with Crippen molar-refractivity contribution in [2.45, 2.75) is 33.6 Å². The van der Waals surface area contributed by atoms with Gasteiger partial charge in [-0.15, -0.1) is 0 Å². The number of nitrogens with two attached hydrogens (primary N) is 1. The first kappa shape index (κ1) is 14.8. The Morgan fingerprint density at radius 3 is 2.45 bits per heavy atom. The Morgan fingerprint density at radius 2 is 1.85 bits per heavy atom. The van der Waals surface area contributed by atoms with E-state index in [-0.39, 0.29) is 0 Å². The first-order valence-electron chi connectivity index (χ1n) is 7.61. The van der Waals surface area contributed by atoms with Gasteiger partial charge in [0.15, 0.2) is 0 Å². The number of pyridine rings is 1. The number of hydrogen-bond donors (Lipinski definition) is 1. The SMILES string of the molecule is CCc1ccc2nc(N(CC)CC)c(CCN)cc2c1. The third-order valence-electron chi connectivity index (χ3n) is 3.82. The van der Waals surface area contributed by atoms with E-state index < -0.39 is 0 Å². The maximum atomic E-state index is 5.77. The molecule has 0 unspecified atom stereocenters. The standard InChI is InChI=1S/C17H25N3/c1-4-13-7-8-16-15(11-13)12-14(9-10-18)17(19-16)20(5-2)6-3/h7-8,11-12H,4-6,9-10,18H2,1-3H3. The Labute approximate surface area is 121 Å². The molecule has 2 aromatic rings. The van der Waals surface area contributed by atoms with Crippen molar-refractivity contribution < 1.29 is 0 Å². The van der Waals surface area contributed by atoms with E-state index in [2.05, 4.69) is 49.9 Å². The smallest absolute Gasteiger partial charge is 0.132 e. The molecule has 0 aliphatic rings. The van der Waals surface area contributed by atoms with Gasteiger partial charge < -0.3 is 10.6 Å². The van der Waals surface area contributed by atoms with Crippen molar-refractivity contribution in [1.82, 2.24) is 4.98 Å². The van der Waals surface area contributed by atoms with Crippen LogP contribution in [0.3, 0.4) is 0 Å². The fourth-order valence-corrected chi connectivity index (χ4v) is 2.62. The van der Waals surface area contributed by atoms with E-state index >= 15 is 0 Å². The molecule has 0 radical (unpaired) electrons. The van der Waals surface area contributed by atoms with E-state index in [1.165, 1.54) is 16.5 Å². The van der Waals surface area contributed by atoms with Crippen LogP contribution in [-0.4, -0.2) is 24.6 Å². The monoisotopic (exact) mass is 271 g/mol. The van der Waals surface area contributed by atoms with Gasteiger partial charge in [-0.3, -0.25) is 0 Å². The summed E-state index contributed by atoms with van der Waals surface area (Å²) in [5, 5.41) is 1.23. The maximum absolute atomic E-state index is 5.77. The van der Waals surface area contributed by atoms with Gasteiger partial charge in [0.2, 0.25) is 0 Å². The lowest BCUT2D eigenvalue weighted by Crippen LogP contribution is -2.25. The molecule has 0 bridgehead atoms. The minimum absolute atomic E-state index is 0.662. The van der Waals surface area contributed by atoms with Gasteiger partial charge in [0.25, 0.3) is 0 Å². The number of fused-ring (bicyclic) bond motifs is 1. The van der Waals surface area contributed by atoms with Crippen LogP contribution >= 0.6 is 0 Å². The first-order valence-corrected chi connectivity index (χ1v) is 7.61. The fraction of sp³-hybridized carbons (Fsp3) is 0.471. The quantitative estimate of drug-likeness (QED) is 0.877. The third-order valence-corrected chi connectivity index (χ3v) is 3.82. The molecule has 3 heteroatoms. The van der Waals surface area contributed by atoms with Crippen LogP contribution in [0.1, 0.15) is 31.9 Å². The summed E-state index contributed by atoms with van der Waals surface area (Å²) < 4.78 is 0. The minimum Gasteiger partial charge on any atom is -0.357 e. The summed E-state index contributed by atoms with van der Waals surface area (Å²) in [5.41, 5.74) is 9.46. The van der Waals surface area contributed by atoms with Crippen LogP contribution in [0.4, 0.5) is 5.82 Å². The number of hydrogen-bond acceptors (Lipinski definition) is 3. The summed E-state index contributed by atoms with van der Waals surface area (Å²) in [5.74, 6) is 1.09. The van der Waals surface area contributed by atoms with Crippen molar-refractivity contribution >= 4 is 16.7 Å². The Balaban J connectivity index is 2.57. The van der Waals surface area contributed by atoms with Crippen molar-refractivity contribution in [3.63, 3.8) is 0 Å². The maximum Gasteiger partial charge on any atom is 0.132 e. The molecule has 0 saturated heterocycles. The van der Waals surface area contributed by atoms with Crippen LogP contribution in [0.25, 0.3) is 10.9 Å². The number of rotatable bonds is 6. The summed E-state index contributed by atoms with van der Waals surface area (Å²) in [6, 6.07) is 8.81. The van der Waals surface area contributed by atoms with E-state index in [0.717, 1.165) is 37.3 Å². The third kappa shape index (κ3) is 2.93. The zero-order valence-electron chi connectivity index (χ0n) is 12.8. The number of benzene rings is 1. The average molecular weight is 271 g/mol. The average Bonchev–Trinajstić information content (AvgIpc) is 2.48. The Kier molecular flexibility index (Phi) is 4.96. The normalized spacial score (nSPS) is 11.0. The Hall–Kier alpha value is -1.61. The topological polar surface area (TPSA) is 42.2 Å². The summed E-state index contributed by atoms with van der Waals surface area (Å²) in [6.07, 6.45) is 1.94. The molecule has 0 spiro atoms. The molecule has 2 rings (SSSR count). The van der Waals surface area contributed by atoms with E-state index in [4.69, 9.17) is 10.7 Å². The van der Waals surface area contributed by atoms with Crippen molar-refractivity contribution in [2.75, 3.05) is 24.5 Å². The van der Waals surface area contributed by atoms with Gasteiger partial charge in [-0.25, -0.2) is 4.98 Å². The van der Waals surface area contributed by atoms with Crippen LogP contribution in [0.2, 0.25) is 0 Å². The van der Waals surface area contributed by atoms with Crippen molar-refractivity contribution in [3.05, 3.63) is 35.4 Å². The lowest BCUT2D eigenvalue weighted by Gasteiger charge is -2.23. The van der Waals surface area contributed by atoms with Crippen LogP contribution in [0.15, 0.2) is 24.3 Å². The molecule has 1 heterocycles. The Bertz CT molecular complexity index is 574. The highest BCUT2D eigenvalue weighted by Gasteiger charge is 2.11. The molecule has 3 nitrogen and oxygen atoms in total. The second-order valence-electron chi connectivity index (χ2n) is 5.06. The highest BCUT2D eigenvalue weighted by molar-refractivity contribution is 5.82. The molecule has 20 heavy (non-hydrogen) atoms. The van der Waals surface area contributed by atoms with Crippen LogP contribution < -0.4 is 10.6 Å². The Morgan fingerprint density at radius 1 is 1.10 bits per heavy atom. The highest BCUT2D eigenvalue weighted by atomic mass is 15.2. The van der Waals surface area contributed by atoms with Crippen molar-refractivity contribution in [1.29, 1.82) is 0 Å². The van der Waals surface area contributed by atoms with Gasteiger partial charge in [0.05, 0.1) is 5.52 Å². The van der Waals surface area contributed by atoms with Crippen molar-refractivity contribution in [3.8, 4) is 0 Å². The summed E-state index contributed by atoms with van der Waals surface area (Å²) >= 11 is 0. The lowest BCUT2D eigenvalue weighted by molar-refractivity contribution is 0.831. The lowest BCUT2D eigenvalue weighted by atomic mass is 10.1. The van der Waals surface area contributed by atoms with E-state index in [9.17, 15) is 0 Å². The largest absolute Gasteiger partial charge is 0.357 e. The van der Waals surface area contributed by atoms with Gasteiger partial charge in [-0.1, -0.05) is 13.0 Å². The molecule has 0 amide bonds. The fourth-order valence-electron chi connectivity index (χ4n) is 2.62. The molecular weight excluding hydrogens is 246 g/mol. The zero-order chi connectivity index (χ0) is 14.5. The van der Waals surface area contributed by atoms with Crippen LogP contribution in [0.5, 0.6) is 0 Å². The van der Waals surface area contributed by atoms with Gasteiger partial charge in [-0.05, 0) is 62.6 Å². The molecule has 1 aromatic heterocycles. The molecule has 2 N–H and O–H groups in total. The minimum atomic E-state index is 0.662. The molecule has 0 fully saturated rings. The van der Waals surface area contributed by atoms with Crippen molar-refractivity contribution in [2.24, 2.45) is 5.73 Å². The van der Waals surface area contributed by atoms with Crippen LogP contribution in [-0.2, 0) is 12.8 Å². The predicted octanol–water partition coefficient (Wildman–Crippen LogP) is 3.14. The number of nitrogens with zero attached hydrogens (tertiary/aromatic N) is 2. The van der Waals surface area contributed by atoms with Gasteiger partial charge in [-0.2, -0.15) is 0 Å². The molecular formula is C17H25N3. The zero-order valence-corrected chi connectivity index (χ0v) is 12.8. The molecule has 0 atom stereocenters. The molecule has 0 aliphatic heterocycles. The van der Waals surface area contributed by atoms with E-state index in [1.54, 1.807) is 0 Å². The molecule has 0 saturated carbocycles. The van der Waals surface area contributed by atoms with Gasteiger partial charge in [0.1, 0.15) is 5.82 Å². The van der Waals surface area contributed by atoms with E-state index in [1.807, 2.05) is 0 Å². The van der Waals surface area contributed by atoms with Crippen LogP contribution in [0, 0.1) is 0 Å². The highest BCUT2D eigenvalue weighted by Crippen LogP contribution is 2.25. The summed E-state index contributed by atoms with van der Waals surface area (Å²) in [6.45, 7) is 9.12. The second kappa shape index (κ2) is 6.71. The van der Waals surface area contributed by atoms with E-state index in [0.29, 0.717) is 6.54 Å². The summed E-state index contributed by atoms with van der Waals surface area (Å²) in [4.78, 5) is 7.19. The second-order valence-corrected chi connectivity index (χ2v) is 5.06. The first-order chi connectivity index (χ1) is 9.73. The number of anilines is 1. The number of aryl methyl sites for hydroxylation is 1. The molecule has 108 valence electrons.